The van der Waals surface area contributed by atoms with E-state index in [1.807, 2.05) is 4.90 Å². The van der Waals surface area contributed by atoms with Crippen LogP contribution in [-0.4, -0.2) is 57.5 Å². The molecule has 1 heterocycles. The van der Waals surface area contributed by atoms with Gasteiger partial charge in [0.25, 0.3) is 5.69 Å². The average Bonchev–Trinajstić information content (AvgIpc) is 3.01. The second-order valence-electron chi connectivity index (χ2n) is 7.14. The molecule has 8 nitrogen and oxygen atoms in total. The number of nitro groups is 1. The molecule has 1 fully saturated rings. The fourth-order valence-electron chi connectivity index (χ4n) is 3.23. The quantitative estimate of drug-likeness (QED) is 0.544. The van der Waals surface area contributed by atoms with E-state index in [4.69, 9.17) is 0 Å². The number of nitrogens with zero attached hydrogens (tertiary/aromatic N) is 3. The van der Waals surface area contributed by atoms with Crippen molar-refractivity contribution in [3.8, 4) is 0 Å². The van der Waals surface area contributed by atoms with Gasteiger partial charge in [0, 0.05) is 31.7 Å². The molecule has 1 aliphatic heterocycles. The van der Waals surface area contributed by atoms with E-state index in [0.29, 0.717) is 11.6 Å². The third kappa shape index (κ3) is 4.93. The lowest BCUT2D eigenvalue weighted by molar-refractivity contribution is -0.384. The lowest BCUT2D eigenvalue weighted by atomic mass is 10.1. The molecule has 1 saturated heterocycles. The summed E-state index contributed by atoms with van der Waals surface area (Å²) < 4.78 is 27.1. The first-order valence-corrected chi connectivity index (χ1v) is 10.4. The van der Waals surface area contributed by atoms with Crippen molar-refractivity contribution in [2.24, 2.45) is 5.92 Å². The van der Waals surface area contributed by atoms with Gasteiger partial charge in [-0.2, -0.15) is 0 Å². The first-order valence-electron chi connectivity index (χ1n) is 8.88. The number of benzene rings is 1. The SMILES string of the molecule is CCN(C)C[C@@H]1CCN(c2ccc(S(=O)(=O)NC(C)C)cc2[N+](=O)[O-])C1. The van der Waals surface area contributed by atoms with Crippen molar-refractivity contribution in [1.82, 2.24) is 9.62 Å². The normalized spacial score (nSPS) is 18.1. The monoisotopic (exact) mass is 384 g/mol. The van der Waals surface area contributed by atoms with Crippen LogP contribution in [0.2, 0.25) is 0 Å². The first-order chi connectivity index (χ1) is 12.1. The number of sulfonamides is 1. The summed E-state index contributed by atoms with van der Waals surface area (Å²) >= 11 is 0. The molecule has 0 radical (unpaired) electrons. The third-order valence-electron chi connectivity index (χ3n) is 4.58. The van der Waals surface area contributed by atoms with Crippen LogP contribution in [-0.2, 0) is 10.0 Å². The van der Waals surface area contributed by atoms with Crippen molar-refractivity contribution in [2.75, 3.05) is 38.1 Å². The molecule has 0 saturated carbocycles. The standard InChI is InChI=1S/C17H28N4O4S/c1-5-19(4)11-14-8-9-20(12-14)16-7-6-15(10-17(16)21(22)23)26(24,25)18-13(2)3/h6-7,10,13-14,18H,5,8-9,11-12H2,1-4H3/t14-/m0/s1. The Morgan fingerprint density at radius 2 is 2.12 bits per heavy atom. The molecule has 1 aromatic carbocycles. The van der Waals surface area contributed by atoms with Gasteiger partial charge in [-0.15, -0.1) is 0 Å². The Morgan fingerprint density at radius 3 is 2.69 bits per heavy atom. The summed E-state index contributed by atoms with van der Waals surface area (Å²) in [6, 6.07) is 3.87. The van der Waals surface area contributed by atoms with Crippen molar-refractivity contribution in [3.63, 3.8) is 0 Å². The maximum Gasteiger partial charge on any atom is 0.293 e. The topological polar surface area (TPSA) is 95.8 Å². The Bertz CT molecular complexity index is 751. The molecule has 146 valence electrons. The molecule has 1 aromatic rings. The number of hydrogen-bond acceptors (Lipinski definition) is 6. The molecule has 9 heteroatoms. The van der Waals surface area contributed by atoms with Crippen molar-refractivity contribution >= 4 is 21.4 Å². The van der Waals surface area contributed by atoms with Gasteiger partial charge >= 0.3 is 0 Å². The van der Waals surface area contributed by atoms with Gasteiger partial charge in [-0.1, -0.05) is 6.92 Å². The molecular weight excluding hydrogens is 356 g/mol. The Morgan fingerprint density at radius 1 is 1.42 bits per heavy atom. The van der Waals surface area contributed by atoms with E-state index < -0.39 is 14.9 Å². The molecule has 1 N–H and O–H groups in total. The summed E-state index contributed by atoms with van der Waals surface area (Å²) in [5.74, 6) is 0.450. The van der Waals surface area contributed by atoms with Gasteiger partial charge in [0.2, 0.25) is 10.0 Å². The van der Waals surface area contributed by atoms with Gasteiger partial charge in [-0.05, 0) is 51.9 Å². The summed E-state index contributed by atoms with van der Waals surface area (Å²) in [6.07, 6.45) is 0.969. The highest BCUT2D eigenvalue weighted by Crippen LogP contribution is 2.34. The molecule has 0 unspecified atom stereocenters. The highest BCUT2D eigenvalue weighted by molar-refractivity contribution is 7.89. The third-order valence-corrected chi connectivity index (χ3v) is 6.24. The van der Waals surface area contributed by atoms with E-state index in [0.717, 1.165) is 38.7 Å². The smallest absolute Gasteiger partial charge is 0.293 e. The molecule has 0 aromatic heterocycles. The fourth-order valence-corrected chi connectivity index (χ4v) is 4.50. The number of nitrogens with one attached hydrogen (secondary N) is 1. The van der Waals surface area contributed by atoms with E-state index in [1.165, 1.54) is 6.07 Å². The van der Waals surface area contributed by atoms with Crippen molar-refractivity contribution in [3.05, 3.63) is 28.3 Å². The molecule has 26 heavy (non-hydrogen) atoms. The summed E-state index contributed by atoms with van der Waals surface area (Å²) in [4.78, 5) is 15.2. The van der Waals surface area contributed by atoms with Crippen LogP contribution in [0.3, 0.4) is 0 Å². The van der Waals surface area contributed by atoms with Crippen LogP contribution in [0.15, 0.2) is 23.1 Å². The lowest BCUT2D eigenvalue weighted by Crippen LogP contribution is -2.30. The maximum absolute atomic E-state index is 12.3. The van der Waals surface area contributed by atoms with E-state index in [1.54, 1.807) is 19.9 Å². The van der Waals surface area contributed by atoms with Gasteiger partial charge < -0.3 is 9.80 Å². The minimum absolute atomic E-state index is 0.0805. The second kappa shape index (κ2) is 8.32. The molecule has 1 atom stereocenters. The zero-order valence-electron chi connectivity index (χ0n) is 15.8. The Kier molecular flexibility index (Phi) is 6.59. The number of rotatable bonds is 8. The van der Waals surface area contributed by atoms with Crippen LogP contribution in [0.1, 0.15) is 27.2 Å². The van der Waals surface area contributed by atoms with Crippen LogP contribution < -0.4 is 9.62 Å². The zero-order chi connectivity index (χ0) is 19.5. The predicted molar refractivity (Wildman–Crippen MR) is 102 cm³/mol. The lowest BCUT2D eigenvalue weighted by Gasteiger charge is -2.21. The van der Waals surface area contributed by atoms with E-state index >= 15 is 0 Å². The molecule has 0 aliphatic carbocycles. The first kappa shape index (κ1) is 20.6. The van der Waals surface area contributed by atoms with Crippen molar-refractivity contribution < 1.29 is 13.3 Å². The van der Waals surface area contributed by atoms with Gasteiger partial charge in [0.1, 0.15) is 5.69 Å². The van der Waals surface area contributed by atoms with E-state index in [2.05, 4.69) is 23.6 Å². The van der Waals surface area contributed by atoms with E-state index in [-0.39, 0.29) is 16.6 Å². The molecule has 0 spiro atoms. The minimum Gasteiger partial charge on any atom is -0.366 e. The molecule has 1 aliphatic rings. The van der Waals surface area contributed by atoms with Gasteiger partial charge in [-0.25, -0.2) is 13.1 Å². The Balaban J connectivity index is 2.26. The number of hydrogen-bond donors (Lipinski definition) is 1. The second-order valence-corrected chi connectivity index (χ2v) is 8.85. The molecule has 2 rings (SSSR count). The van der Waals surface area contributed by atoms with Crippen molar-refractivity contribution in [2.45, 2.75) is 38.1 Å². The van der Waals surface area contributed by atoms with Crippen LogP contribution in [0.5, 0.6) is 0 Å². The summed E-state index contributed by atoms with van der Waals surface area (Å²) in [6.45, 7) is 8.90. The Labute approximate surface area is 155 Å². The zero-order valence-corrected chi connectivity index (χ0v) is 16.6. The van der Waals surface area contributed by atoms with Crippen LogP contribution in [0, 0.1) is 16.0 Å². The number of nitro benzene ring substituents is 1. The number of anilines is 1. The van der Waals surface area contributed by atoms with Gasteiger partial charge in [-0.3, -0.25) is 10.1 Å². The largest absolute Gasteiger partial charge is 0.366 e. The predicted octanol–water partition coefficient (Wildman–Crippen LogP) is 2.06. The van der Waals surface area contributed by atoms with Gasteiger partial charge in [0.15, 0.2) is 0 Å². The average molecular weight is 385 g/mol. The van der Waals surface area contributed by atoms with Crippen LogP contribution in [0.4, 0.5) is 11.4 Å². The van der Waals surface area contributed by atoms with Gasteiger partial charge in [0.05, 0.1) is 9.82 Å². The fraction of sp³-hybridized carbons (Fsp3) is 0.647. The summed E-state index contributed by atoms with van der Waals surface area (Å²) in [5, 5.41) is 11.5. The Hall–Kier alpha value is -1.71. The van der Waals surface area contributed by atoms with E-state index in [9.17, 15) is 18.5 Å². The van der Waals surface area contributed by atoms with Crippen molar-refractivity contribution in [1.29, 1.82) is 0 Å². The molecule has 0 amide bonds. The highest BCUT2D eigenvalue weighted by atomic mass is 32.2. The molecule has 0 bridgehead atoms. The summed E-state index contributed by atoms with van der Waals surface area (Å²) in [7, 11) is -1.70. The minimum atomic E-state index is -3.77. The maximum atomic E-state index is 12.3. The summed E-state index contributed by atoms with van der Waals surface area (Å²) in [5.41, 5.74) is 0.321. The molecular formula is C17H28N4O4S. The van der Waals surface area contributed by atoms with Crippen LogP contribution in [0.25, 0.3) is 0 Å². The van der Waals surface area contributed by atoms with Crippen LogP contribution >= 0.6 is 0 Å². The highest BCUT2D eigenvalue weighted by Gasteiger charge is 2.29.